The molecule has 1 aliphatic rings. The van der Waals surface area contributed by atoms with Crippen molar-refractivity contribution in [2.24, 2.45) is 5.10 Å². The number of benzene rings is 2. The quantitative estimate of drug-likeness (QED) is 0.855. The van der Waals surface area contributed by atoms with Crippen LogP contribution in [-0.2, 0) is 16.1 Å². The number of carbonyl (C=O) groups is 2. The molecule has 0 aliphatic carbocycles. The van der Waals surface area contributed by atoms with Crippen LogP contribution in [0.3, 0.4) is 0 Å². The van der Waals surface area contributed by atoms with Gasteiger partial charge >= 0.3 is 0 Å². The van der Waals surface area contributed by atoms with Gasteiger partial charge in [-0.15, -0.1) is 0 Å². The number of nitrogens with one attached hydrogen (secondary N) is 1. The predicted molar refractivity (Wildman–Crippen MR) is 104 cm³/mol. The molecule has 0 radical (unpaired) electrons. The van der Waals surface area contributed by atoms with Gasteiger partial charge in [0.15, 0.2) is 0 Å². The van der Waals surface area contributed by atoms with Crippen molar-refractivity contribution in [3.8, 4) is 0 Å². The molecule has 2 aromatic rings. The minimum atomic E-state index is -0.318. The minimum Gasteiger partial charge on any atom is -0.347 e. The summed E-state index contributed by atoms with van der Waals surface area (Å²) in [6, 6.07) is 12.5. The lowest BCUT2D eigenvalue weighted by molar-refractivity contribution is -0.119. The van der Waals surface area contributed by atoms with E-state index in [0.717, 1.165) is 11.1 Å². The lowest BCUT2D eigenvalue weighted by Gasteiger charge is -2.23. The third-order valence-electron chi connectivity index (χ3n) is 4.00. The van der Waals surface area contributed by atoms with Gasteiger partial charge in [-0.05, 0) is 42.3 Å². The molecule has 5 nitrogen and oxygen atoms in total. The first-order valence-corrected chi connectivity index (χ1v) is 8.89. The van der Waals surface area contributed by atoms with Crippen LogP contribution < -0.4 is 10.3 Å². The van der Waals surface area contributed by atoms with Gasteiger partial charge in [-0.3, -0.25) is 9.59 Å². The molecule has 0 unspecified atom stereocenters. The number of hydrazone groups is 1. The van der Waals surface area contributed by atoms with Gasteiger partial charge in [-0.1, -0.05) is 41.4 Å². The standard InChI is InChI=1S/C19H17Cl2N3O2/c1-12-3-2-4-15(9-12)24-18(25)8-7-17(23-24)19(26)22-11-13-5-6-14(20)10-16(13)21/h2-6,9-10H,7-8,11H2,1H3,(H,22,26). The van der Waals surface area contributed by atoms with Crippen LogP contribution in [0.4, 0.5) is 5.69 Å². The minimum absolute atomic E-state index is 0.132. The summed E-state index contributed by atoms with van der Waals surface area (Å²) in [5.74, 6) is -0.450. The monoisotopic (exact) mass is 389 g/mol. The summed E-state index contributed by atoms with van der Waals surface area (Å²) < 4.78 is 0. The summed E-state index contributed by atoms with van der Waals surface area (Å²) in [5.41, 5.74) is 2.74. The van der Waals surface area contributed by atoms with Crippen LogP contribution in [0.2, 0.25) is 10.0 Å². The van der Waals surface area contributed by atoms with Gasteiger partial charge in [-0.25, -0.2) is 5.01 Å². The number of aryl methyl sites for hydroxylation is 1. The molecule has 2 amide bonds. The van der Waals surface area contributed by atoms with Crippen molar-refractivity contribution in [3.05, 3.63) is 63.6 Å². The van der Waals surface area contributed by atoms with Gasteiger partial charge in [0.05, 0.1) is 5.69 Å². The smallest absolute Gasteiger partial charge is 0.267 e. The van der Waals surface area contributed by atoms with E-state index < -0.39 is 0 Å². The van der Waals surface area contributed by atoms with Gasteiger partial charge < -0.3 is 5.32 Å². The third-order valence-corrected chi connectivity index (χ3v) is 4.58. The van der Waals surface area contributed by atoms with Crippen molar-refractivity contribution in [3.63, 3.8) is 0 Å². The first-order valence-electron chi connectivity index (χ1n) is 8.13. The van der Waals surface area contributed by atoms with E-state index in [2.05, 4.69) is 10.4 Å². The molecule has 0 atom stereocenters. The van der Waals surface area contributed by atoms with Gasteiger partial charge in [-0.2, -0.15) is 5.10 Å². The number of hydrogen-bond acceptors (Lipinski definition) is 3. The van der Waals surface area contributed by atoms with Crippen molar-refractivity contribution < 1.29 is 9.59 Å². The van der Waals surface area contributed by atoms with Crippen molar-refractivity contribution in [2.45, 2.75) is 26.3 Å². The van der Waals surface area contributed by atoms with Crippen LogP contribution in [0.15, 0.2) is 47.6 Å². The van der Waals surface area contributed by atoms with Crippen LogP contribution in [0.25, 0.3) is 0 Å². The Morgan fingerprint density at radius 2 is 2.00 bits per heavy atom. The van der Waals surface area contributed by atoms with E-state index in [4.69, 9.17) is 23.2 Å². The number of halogens is 2. The summed E-state index contributed by atoms with van der Waals surface area (Å²) >= 11 is 12.0. The highest BCUT2D eigenvalue weighted by Gasteiger charge is 2.25. The van der Waals surface area contributed by atoms with Crippen molar-refractivity contribution >= 4 is 46.4 Å². The Hall–Kier alpha value is -2.37. The SMILES string of the molecule is Cc1cccc(N2N=C(C(=O)NCc3ccc(Cl)cc3Cl)CCC2=O)c1. The van der Waals surface area contributed by atoms with E-state index in [-0.39, 0.29) is 24.8 Å². The number of hydrogen-bond donors (Lipinski definition) is 1. The summed E-state index contributed by atoms with van der Waals surface area (Å²) in [6.45, 7) is 2.19. The fraction of sp³-hybridized carbons (Fsp3) is 0.211. The molecule has 7 heteroatoms. The van der Waals surface area contributed by atoms with E-state index in [1.54, 1.807) is 24.3 Å². The van der Waals surface area contributed by atoms with Crippen LogP contribution in [0.1, 0.15) is 24.0 Å². The number of nitrogens with zero attached hydrogens (tertiary/aromatic N) is 2. The zero-order valence-electron chi connectivity index (χ0n) is 14.1. The number of carbonyl (C=O) groups excluding carboxylic acids is 2. The van der Waals surface area contributed by atoms with Gasteiger partial charge in [0.1, 0.15) is 5.71 Å². The Morgan fingerprint density at radius 1 is 1.19 bits per heavy atom. The van der Waals surface area contributed by atoms with Gasteiger partial charge in [0.25, 0.3) is 5.91 Å². The topological polar surface area (TPSA) is 61.8 Å². The molecular weight excluding hydrogens is 373 g/mol. The van der Waals surface area contributed by atoms with E-state index >= 15 is 0 Å². The summed E-state index contributed by atoms with van der Waals surface area (Å²) in [7, 11) is 0. The Balaban J connectivity index is 1.74. The molecule has 3 rings (SSSR count). The average molecular weight is 390 g/mol. The molecule has 1 N–H and O–H groups in total. The third kappa shape index (κ3) is 4.23. The Bertz CT molecular complexity index is 896. The molecule has 0 bridgehead atoms. The molecular formula is C19H17Cl2N3O2. The Kier molecular flexibility index (Phi) is 5.59. The Labute approximate surface area is 161 Å². The molecule has 0 fully saturated rings. The van der Waals surface area contributed by atoms with Crippen LogP contribution in [-0.4, -0.2) is 17.5 Å². The average Bonchev–Trinajstić information content (AvgIpc) is 2.61. The molecule has 134 valence electrons. The molecule has 0 saturated carbocycles. The number of anilines is 1. The highest BCUT2D eigenvalue weighted by molar-refractivity contribution is 6.40. The highest BCUT2D eigenvalue weighted by atomic mass is 35.5. The summed E-state index contributed by atoms with van der Waals surface area (Å²) in [5, 5.41) is 9.36. The molecule has 0 aromatic heterocycles. The van der Waals surface area contributed by atoms with Crippen molar-refractivity contribution in [2.75, 3.05) is 5.01 Å². The van der Waals surface area contributed by atoms with E-state index in [9.17, 15) is 9.59 Å². The number of rotatable bonds is 4. The fourth-order valence-electron chi connectivity index (χ4n) is 2.62. The van der Waals surface area contributed by atoms with E-state index in [1.165, 1.54) is 5.01 Å². The molecule has 1 aliphatic heterocycles. The van der Waals surface area contributed by atoms with E-state index in [0.29, 0.717) is 27.9 Å². The van der Waals surface area contributed by atoms with E-state index in [1.807, 2.05) is 25.1 Å². The molecule has 0 spiro atoms. The van der Waals surface area contributed by atoms with Crippen LogP contribution in [0.5, 0.6) is 0 Å². The van der Waals surface area contributed by atoms with Gasteiger partial charge in [0, 0.05) is 29.4 Å². The van der Waals surface area contributed by atoms with Crippen molar-refractivity contribution in [1.29, 1.82) is 0 Å². The van der Waals surface area contributed by atoms with Gasteiger partial charge in [0.2, 0.25) is 5.91 Å². The molecule has 0 saturated heterocycles. The first-order chi connectivity index (χ1) is 12.4. The zero-order valence-corrected chi connectivity index (χ0v) is 15.6. The fourth-order valence-corrected chi connectivity index (χ4v) is 3.10. The Morgan fingerprint density at radius 3 is 2.73 bits per heavy atom. The van der Waals surface area contributed by atoms with Crippen LogP contribution >= 0.6 is 23.2 Å². The molecule has 1 heterocycles. The second kappa shape index (κ2) is 7.89. The second-order valence-corrected chi connectivity index (χ2v) is 6.85. The normalized spacial score (nSPS) is 14.2. The van der Waals surface area contributed by atoms with Crippen LogP contribution in [0, 0.1) is 6.92 Å². The summed E-state index contributed by atoms with van der Waals surface area (Å²) in [4.78, 5) is 24.6. The molecule has 2 aromatic carbocycles. The maximum Gasteiger partial charge on any atom is 0.267 e. The lowest BCUT2D eigenvalue weighted by Crippen LogP contribution is -2.39. The maximum absolute atomic E-state index is 12.5. The molecule has 26 heavy (non-hydrogen) atoms. The number of amides is 2. The first kappa shape index (κ1) is 18.4. The zero-order chi connectivity index (χ0) is 18.7. The second-order valence-electron chi connectivity index (χ2n) is 6.01. The summed E-state index contributed by atoms with van der Waals surface area (Å²) in [6.07, 6.45) is 0.545. The van der Waals surface area contributed by atoms with Crippen molar-refractivity contribution in [1.82, 2.24) is 5.32 Å². The predicted octanol–water partition coefficient (Wildman–Crippen LogP) is 4.10. The highest BCUT2D eigenvalue weighted by Crippen LogP contribution is 2.22. The maximum atomic E-state index is 12.5. The lowest BCUT2D eigenvalue weighted by atomic mass is 10.1. The largest absolute Gasteiger partial charge is 0.347 e.